The van der Waals surface area contributed by atoms with Crippen LogP contribution in [0.1, 0.15) is 0 Å². The zero-order chi connectivity index (χ0) is 17.0. The van der Waals surface area contributed by atoms with E-state index in [1.807, 2.05) is 30.3 Å². The zero-order valence-corrected chi connectivity index (χ0v) is 14.1. The van der Waals surface area contributed by atoms with Gasteiger partial charge in [-0.05, 0) is 48.5 Å². The molecular weight excluding hydrogens is 346 g/mol. The maximum atomic E-state index is 12.4. The van der Waals surface area contributed by atoms with E-state index in [4.69, 9.17) is 16.3 Å². The summed E-state index contributed by atoms with van der Waals surface area (Å²) in [7, 11) is -3.72. The Morgan fingerprint density at radius 1 is 0.750 bits per heavy atom. The van der Waals surface area contributed by atoms with Crippen molar-refractivity contribution in [2.45, 2.75) is 4.90 Å². The van der Waals surface area contributed by atoms with Crippen molar-refractivity contribution in [2.24, 2.45) is 0 Å². The molecule has 0 heterocycles. The van der Waals surface area contributed by atoms with Gasteiger partial charge in [-0.2, -0.15) is 0 Å². The Morgan fingerprint density at radius 2 is 1.33 bits per heavy atom. The van der Waals surface area contributed by atoms with E-state index in [9.17, 15) is 8.42 Å². The molecule has 0 saturated heterocycles. The summed E-state index contributed by atoms with van der Waals surface area (Å²) in [5.41, 5.74) is 0.337. The largest absolute Gasteiger partial charge is 0.457 e. The first-order valence-corrected chi connectivity index (χ1v) is 9.01. The summed E-state index contributed by atoms with van der Waals surface area (Å²) in [6.45, 7) is 0. The summed E-state index contributed by atoms with van der Waals surface area (Å²) in [6, 6.07) is 22.1. The van der Waals surface area contributed by atoms with Crippen molar-refractivity contribution in [1.29, 1.82) is 0 Å². The van der Waals surface area contributed by atoms with Crippen molar-refractivity contribution in [1.82, 2.24) is 0 Å². The van der Waals surface area contributed by atoms with Crippen molar-refractivity contribution in [3.63, 3.8) is 0 Å². The molecule has 0 unspecified atom stereocenters. The topological polar surface area (TPSA) is 55.4 Å². The zero-order valence-electron chi connectivity index (χ0n) is 12.5. The second-order valence-corrected chi connectivity index (χ2v) is 7.06. The molecule has 3 aromatic carbocycles. The SMILES string of the molecule is O=S(=O)(Nc1ccccc1Cl)c1ccc(Oc2ccccc2)cc1. The fourth-order valence-electron chi connectivity index (χ4n) is 2.06. The molecule has 0 fully saturated rings. The smallest absolute Gasteiger partial charge is 0.261 e. The minimum absolute atomic E-state index is 0.128. The van der Waals surface area contributed by atoms with Gasteiger partial charge >= 0.3 is 0 Å². The maximum Gasteiger partial charge on any atom is 0.261 e. The lowest BCUT2D eigenvalue weighted by Gasteiger charge is -2.10. The van der Waals surface area contributed by atoms with Crippen LogP contribution in [0.5, 0.6) is 11.5 Å². The lowest BCUT2D eigenvalue weighted by Crippen LogP contribution is -2.13. The van der Waals surface area contributed by atoms with Crippen molar-refractivity contribution in [2.75, 3.05) is 4.72 Å². The van der Waals surface area contributed by atoms with Crippen LogP contribution < -0.4 is 9.46 Å². The van der Waals surface area contributed by atoms with Crippen molar-refractivity contribution in [3.8, 4) is 11.5 Å². The quantitative estimate of drug-likeness (QED) is 0.702. The Bertz CT molecular complexity index is 926. The third kappa shape index (κ3) is 3.88. The van der Waals surface area contributed by atoms with E-state index < -0.39 is 10.0 Å². The van der Waals surface area contributed by atoms with Crippen LogP contribution in [0.15, 0.2) is 83.8 Å². The van der Waals surface area contributed by atoms with Crippen LogP contribution in [0.2, 0.25) is 5.02 Å². The third-order valence-electron chi connectivity index (χ3n) is 3.23. The van der Waals surface area contributed by atoms with E-state index in [1.165, 1.54) is 12.1 Å². The highest BCUT2D eigenvalue weighted by Gasteiger charge is 2.15. The number of hydrogen-bond acceptors (Lipinski definition) is 3. The summed E-state index contributed by atoms with van der Waals surface area (Å²) in [5.74, 6) is 1.24. The van der Waals surface area contributed by atoms with Gasteiger partial charge in [0, 0.05) is 0 Å². The second-order valence-electron chi connectivity index (χ2n) is 4.97. The number of rotatable bonds is 5. The van der Waals surface area contributed by atoms with Gasteiger partial charge in [-0.3, -0.25) is 4.72 Å². The fraction of sp³-hybridized carbons (Fsp3) is 0. The van der Waals surface area contributed by atoms with E-state index in [0.29, 0.717) is 22.2 Å². The summed E-state index contributed by atoms with van der Waals surface area (Å²) >= 11 is 5.99. The average molecular weight is 360 g/mol. The van der Waals surface area contributed by atoms with Crippen LogP contribution in [0.25, 0.3) is 0 Å². The first-order chi connectivity index (χ1) is 11.5. The second kappa shape index (κ2) is 6.95. The van der Waals surface area contributed by atoms with Crippen LogP contribution in [0.3, 0.4) is 0 Å². The Morgan fingerprint density at radius 3 is 2.00 bits per heavy atom. The number of hydrogen-bond donors (Lipinski definition) is 1. The van der Waals surface area contributed by atoms with Crippen molar-refractivity contribution >= 4 is 27.3 Å². The van der Waals surface area contributed by atoms with Gasteiger partial charge in [0.1, 0.15) is 11.5 Å². The predicted octanol–water partition coefficient (Wildman–Crippen LogP) is 4.93. The number of ether oxygens (including phenoxy) is 1. The van der Waals surface area contributed by atoms with E-state index >= 15 is 0 Å². The minimum atomic E-state index is -3.72. The van der Waals surface area contributed by atoms with Gasteiger partial charge in [-0.1, -0.05) is 41.9 Å². The van der Waals surface area contributed by atoms with Gasteiger partial charge in [0.2, 0.25) is 0 Å². The van der Waals surface area contributed by atoms with E-state index in [0.717, 1.165) is 0 Å². The van der Waals surface area contributed by atoms with Gasteiger partial charge in [0.25, 0.3) is 10.0 Å². The van der Waals surface area contributed by atoms with E-state index in [-0.39, 0.29) is 4.90 Å². The van der Waals surface area contributed by atoms with E-state index in [1.54, 1.807) is 36.4 Å². The molecule has 24 heavy (non-hydrogen) atoms. The number of para-hydroxylation sites is 2. The first kappa shape index (κ1) is 16.4. The summed E-state index contributed by atoms with van der Waals surface area (Å²) in [6.07, 6.45) is 0. The molecule has 0 bridgehead atoms. The third-order valence-corrected chi connectivity index (χ3v) is 4.94. The molecule has 0 saturated carbocycles. The number of halogens is 1. The first-order valence-electron chi connectivity index (χ1n) is 7.15. The van der Waals surface area contributed by atoms with E-state index in [2.05, 4.69) is 4.72 Å². The van der Waals surface area contributed by atoms with Gasteiger partial charge in [0.05, 0.1) is 15.6 Å². The molecule has 0 atom stereocenters. The number of anilines is 1. The van der Waals surface area contributed by atoms with Gasteiger partial charge in [-0.25, -0.2) is 8.42 Å². The highest BCUT2D eigenvalue weighted by atomic mass is 35.5. The summed E-state index contributed by atoms with van der Waals surface area (Å²) in [4.78, 5) is 0.128. The molecule has 0 aliphatic rings. The van der Waals surface area contributed by atoms with Gasteiger partial charge < -0.3 is 4.74 Å². The molecule has 3 aromatic rings. The normalized spacial score (nSPS) is 11.0. The van der Waals surface area contributed by atoms with Crippen LogP contribution in [0, 0.1) is 0 Å². The standard InChI is InChI=1S/C18H14ClNO3S/c19-17-8-4-5-9-18(17)20-24(21,22)16-12-10-15(11-13-16)23-14-6-2-1-3-7-14/h1-13,20H. The van der Waals surface area contributed by atoms with Crippen LogP contribution in [-0.4, -0.2) is 8.42 Å². The monoisotopic (exact) mass is 359 g/mol. The molecule has 0 aliphatic heterocycles. The molecule has 1 N–H and O–H groups in total. The Balaban J connectivity index is 1.78. The lowest BCUT2D eigenvalue weighted by atomic mass is 10.3. The summed E-state index contributed by atoms with van der Waals surface area (Å²) < 4.78 is 32.9. The summed E-state index contributed by atoms with van der Waals surface area (Å²) in [5, 5.41) is 0.338. The molecular formula is C18H14ClNO3S. The number of nitrogens with one attached hydrogen (secondary N) is 1. The Labute approximate surface area is 145 Å². The van der Waals surface area contributed by atoms with Crippen LogP contribution in [-0.2, 0) is 10.0 Å². The number of sulfonamides is 1. The lowest BCUT2D eigenvalue weighted by molar-refractivity contribution is 0.482. The molecule has 4 nitrogen and oxygen atoms in total. The molecule has 3 rings (SSSR count). The molecule has 0 radical (unpaired) electrons. The fourth-order valence-corrected chi connectivity index (χ4v) is 3.38. The van der Waals surface area contributed by atoms with Crippen LogP contribution >= 0.6 is 11.6 Å². The average Bonchev–Trinajstić information content (AvgIpc) is 2.58. The van der Waals surface area contributed by atoms with Gasteiger partial charge in [0.15, 0.2) is 0 Å². The molecule has 6 heteroatoms. The maximum absolute atomic E-state index is 12.4. The Hall–Kier alpha value is -2.50. The number of benzene rings is 3. The molecule has 122 valence electrons. The van der Waals surface area contributed by atoms with Gasteiger partial charge in [-0.15, -0.1) is 0 Å². The highest BCUT2D eigenvalue weighted by molar-refractivity contribution is 7.92. The highest BCUT2D eigenvalue weighted by Crippen LogP contribution is 2.26. The van der Waals surface area contributed by atoms with Crippen LogP contribution in [0.4, 0.5) is 5.69 Å². The predicted molar refractivity (Wildman–Crippen MR) is 95.2 cm³/mol. The molecule has 0 aliphatic carbocycles. The van der Waals surface area contributed by atoms with Crippen molar-refractivity contribution < 1.29 is 13.2 Å². The molecule has 0 aromatic heterocycles. The molecule has 0 amide bonds. The van der Waals surface area contributed by atoms with Crippen molar-refractivity contribution in [3.05, 3.63) is 83.9 Å². The minimum Gasteiger partial charge on any atom is -0.457 e. The molecule has 0 spiro atoms. The Kier molecular flexibility index (Phi) is 4.74.